The van der Waals surface area contributed by atoms with Gasteiger partial charge in [0.1, 0.15) is 12.2 Å². The van der Waals surface area contributed by atoms with Gasteiger partial charge in [0.05, 0.1) is 29.8 Å². The van der Waals surface area contributed by atoms with Gasteiger partial charge in [0.15, 0.2) is 18.0 Å². The fourth-order valence-corrected chi connectivity index (χ4v) is 7.35. The van der Waals surface area contributed by atoms with Crippen LogP contribution in [0.5, 0.6) is 0 Å². The summed E-state index contributed by atoms with van der Waals surface area (Å²) in [6.07, 6.45) is -5.70. The first-order valence-electron chi connectivity index (χ1n) is 15.7. The van der Waals surface area contributed by atoms with E-state index in [0.29, 0.717) is 19.4 Å². The van der Waals surface area contributed by atoms with Crippen molar-refractivity contribution in [2.75, 3.05) is 27.7 Å². The molecular weight excluding hydrogens is 560 g/mol. The Morgan fingerprint density at radius 2 is 1.67 bits per heavy atom. The summed E-state index contributed by atoms with van der Waals surface area (Å²) >= 11 is 0. The highest BCUT2D eigenvalue weighted by atomic mass is 16.8. The molecule has 0 amide bonds. The Morgan fingerprint density at radius 3 is 2.26 bits per heavy atom. The Balaban J connectivity index is 2.01. The average molecular weight is 617 g/mol. The maximum absolute atomic E-state index is 13.5. The predicted molar refractivity (Wildman–Crippen MR) is 158 cm³/mol. The van der Waals surface area contributed by atoms with Crippen LogP contribution < -0.4 is 0 Å². The number of esters is 1. The van der Waals surface area contributed by atoms with E-state index in [4.69, 9.17) is 23.7 Å². The quantitative estimate of drug-likeness (QED) is 0.398. The van der Waals surface area contributed by atoms with Gasteiger partial charge in [0.25, 0.3) is 0 Å². The maximum atomic E-state index is 13.5. The molecule has 14 atom stereocenters. The van der Waals surface area contributed by atoms with E-state index in [2.05, 4.69) is 0 Å². The van der Waals surface area contributed by atoms with Crippen molar-refractivity contribution in [1.82, 2.24) is 9.80 Å². The van der Waals surface area contributed by atoms with Crippen molar-refractivity contribution in [3.63, 3.8) is 0 Å². The largest absolute Gasteiger partial charge is 0.509 e. The van der Waals surface area contributed by atoms with Crippen molar-refractivity contribution in [1.29, 1.82) is 0 Å². The average Bonchev–Trinajstić information content (AvgIpc) is 3.22. The number of nitrogens with zero attached hydrogens (tertiary/aromatic N) is 2. The van der Waals surface area contributed by atoms with Gasteiger partial charge < -0.3 is 43.9 Å². The van der Waals surface area contributed by atoms with Crippen molar-refractivity contribution in [2.24, 2.45) is 17.8 Å². The zero-order valence-electron chi connectivity index (χ0n) is 27.9. The summed E-state index contributed by atoms with van der Waals surface area (Å²) < 4.78 is 29.7. The van der Waals surface area contributed by atoms with E-state index in [9.17, 15) is 24.9 Å². The molecular formula is C31H56N2O10. The first-order valence-corrected chi connectivity index (χ1v) is 15.7. The second-order valence-corrected chi connectivity index (χ2v) is 14.0. The molecule has 3 aliphatic rings. The topological polar surface area (TPSA) is 147 Å². The maximum Gasteiger partial charge on any atom is 0.509 e. The van der Waals surface area contributed by atoms with E-state index in [1.54, 1.807) is 27.7 Å². The summed E-state index contributed by atoms with van der Waals surface area (Å²) in [5, 5.41) is 34.8. The minimum absolute atomic E-state index is 0.0739. The molecule has 0 bridgehead atoms. The molecule has 0 radical (unpaired) electrons. The minimum atomic E-state index is -1.49. The van der Waals surface area contributed by atoms with Crippen LogP contribution >= 0.6 is 0 Å². The third-order valence-electron chi connectivity index (χ3n) is 9.92. The van der Waals surface area contributed by atoms with Crippen LogP contribution in [0.4, 0.5) is 4.79 Å². The molecule has 12 nitrogen and oxygen atoms in total. The lowest BCUT2D eigenvalue weighted by Crippen LogP contribution is -2.59. The van der Waals surface area contributed by atoms with Gasteiger partial charge in [0, 0.05) is 24.5 Å². The van der Waals surface area contributed by atoms with Crippen LogP contribution in [0.1, 0.15) is 74.7 Å². The molecule has 0 aromatic heterocycles. The van der Waals surface area contributed by atoms with Crippen molar-refractivity contribution in [3.05, 3.63) is 0 Å². The van der Waals surface area contributed by atoms with Gasteiger partial charge >= 0.3 is 12.1 Å². The molecule has 0 spiro atoms. The van der Waals surface area contributed by atoms with Crippen LogP contribution in [0.3, 0.4) is 0 Å². The normalized spacial score (nSPS) is 47.6. The second kappa shape index (κ2) is 13.8. The smallest absolute Gasteiger partial charge is 0.458 e. The zero-order chi connectivity index (χ0) is 32.6. The van der Waals surface area contributed by atoms with Gasteiger partial charge in [-0.25, -0.2) is 4.79 Å². The highest BCUT2D eigenvalue weighted by molar-refractivity contribution is 5.73. The number of hydrogen-bond acceptors (Lipinski definition) is 12. The first-order chi connectivity index (χ1) is 19.8. The number of carbonyl (C=O) groups is 2. The van der Waals surface area contributed by atoms with E-state index in [1.165, 1.54) is 0 Å². The van der Waals surface area contributed by atoms with Gasteiger partial charge in [-0.3, -0.25) is 9.69 Å². The number of aliphatic hydroxyl groups excluding tert-OH is 2. The standard InChI is InChI=1S/C31H56N2O10/c1-12-22-31(8)26(42-29(37)43-31)20(6)33(11)15-16(2)14-30(7,38)25(18(4)23(34)19(5)27(36)40-22)41-28-24(35)21(32(9)10)13-17(3)39-28/h16-26,28,34-35,38H,12-15H2,1-11H3/t16-,17-,18+,19-,20+,21+,22-,23+,24-,25-,26-,28+,30-,31-/m1/s1. The monoisotopic (exact) mass is 616 g/mol. The number of ether oxygens (including phenoxy) is 5. The number of rotatable bonds is 4. The van der Waals surface area contributed by atoms with Gasteiger partial charge in [-0.15, -0.1) is 0 Å². The van der Waals surface area contributed by atoms with Gasteiger partial charge in [0.2, 0.25) is 0 Å². The van der Waals surface area contributed by atoms with E-state index in [0.717, 1.165) is 0 Å². The van der Waals surface area contributed by atoms with Crippen molar-refractivity contribution in [3.8, 4) is 0 Å². The molecule has 0 aliphatic carbocycles. The molecule has 250 valence electrons. The van der Waals surface area contributed by atoms with Crippen LogP contribution in [0.2, 0.25) is 0 Å². The Labute approximate surface area is 256 Å². The summed E-state index contributed by atoms with van der Waals surface area (Å²) in [6.45, 7) is 14.8. The highest BCUT2D eigenvalue weighted by Crippen LogP contribution is 2.39. The van der Waals surface area contributed by atoms with Crippen molar-refractivity contribution < 1.29 is 48.6 Å². The molecule has 3 N–H and O–H groups in total. The molecule has 3 heterocycles. The van der Waals surface area contributed by atoms with Crippen molar-refractivity contribution in [2.45, 2.75) is 141 Å². The number of cyclic esters (lactones) is 1. The number of likely N-dealkylation sites (N-methyl/N-ethyl adjacent to an activating group) is 2. The van der Waals surface area contributed by atoms with Gasteiger partial charge in [-0.1, -0.05) is 20.8 Å². The van der Waals surface area contributed by atoms with E-state index < -0.39 is 72.0 Å². The number of aliphatic hydroxyl groups is 3. The predicted octanol–water partition coefficient (Wildman–Crippen LogP) is 2.16. The van der Waals surface area contributed by atoms with Crippen LogP contribution in [-0.2, 0) is 28.5 Å². The zero-order valence-corrected chi connectivity index (χ0v) is 27.9. The van der Waals surface area contributed by atoms with Crippen molar-refractivity contribution >= 4 is 12.1 Å². The van der Waals surface area contributed by atoms with Crippen LogP contribution in [0.25, 0.3) is 0 Å². The van der Waals surface area contributed by atoms with Gasteiger partial charge in [-0.05, 0) is 80.9 Å². The molecule has 43 heavy (non-hydrogen) atoms. The lowest BCUT2D eigenvalue weighted by molar-refractivity contribution is -0.299. The second-order valence-electron chi connectivity index (χ2n) is 14.0. The molecule has 3 saturated heterocycles. The number of carbonyl (C=O) groups excluding carboxylic acids is 2. The minimum Gasteiger partial charge on any atom is -0.458 e. The molecule has 3 aliphatic heterocycles. The van der Waals surface area contributed by atoms with E-state index in [1.807, 2.05) is 58.6 Å². The third kappa shape index (κ3) is 7.65. The van der Waals surface area contributed by atoms with Gasteiger partial charge in [-0.2, -0.15) is 0 Å². The lowest BCUT2D eigenvalue weighted by atomic mass is 9.78. The number of fused-ring (bicyclic) bond motifs is 1. The first kappa shape index (κ1) is 35.9. The van der Waals surface area contributed by atoms with E-state index in [-0.39, 0.29) is 30.5 Å². The molecule has 0 saturated carbocycles. The Hall–Kier alpha value is -1.54. The summed E-state index contributed by atoms with van der Waals surface area (Å²) in [5.74, 6) is -2.53. The Bertz CT molecular complexity index is 965. The summed E-state index contributed by atoms with van der Waals surface area (Å²) in [4.78, 5) is 29.9. The third-order valence-corrected chi connectivity index (χ3v) is 9.92. The molecule has 3 rings (SSSR count). The van der Waals surface area contributed by atoms with E-state index >= 15 is 0 Å². The molecule has 0 aromatic carbocycles. The molecule has 0 aromatic rings. The Morgan fingerprint density at radius 1 is 1.05 bits per heavy atom. The van der Waals surface area contributed by atoms with Crippen LogP contribution in [0.15, 0.2) is 0 Å². The summed E-state index contributed by atoms with van der Waals surface area (Å²) in [6, 6.07) is -0.543. The lowest BCUT2D eigenvalue weighted by Gasteiger charge is -2.46. The Kier molecular flexibility index (Phi) is 11.6. The fourth-order valence-electron chi connectivity index (χ4n) is 7.35. The van der Waals surface area contributed by atoms with Crippen LogP contribution in [0, 0.1) is 17.8 Å². The molecule has 12 heteroatoms. The molecule has 3 fully saturated rings. The molecule has 0 unspecified atom stereocenters. The highest BCUT2D eigenvalue weighted by Gasteiger charge is 2.57. The SMILES string of the molecule is CC[C@H]1OC(=O)[C@H](C)[C@@H](O)[C@H](C)[C@@H](O[C@@H]2O[C@H](C)C[C@H](N(C)C)[C@H]2O)[C@](C)(O)C[C@@H](C)CN(C)[C@@H](C)[C@H]2OC(=O)O[C@@]21C. The van der Waals surface area contributed by atoms with Crippen LogP contribution in [-0.4, -0.2) is 131 Å². The summed E-state index contributed by atoms with van der Waals surface area (Å²) in [7, 11) is 5.67. The summed E-state index contributed by atoms with van der Waals surface area (Å²) in [5.41, 5.74) is -2.74. The fraction of sp³-hybridized carbons (Fsp3) is 0.935. The number of hydrogen-bond donors (Lipinski definition) is 3.